The summed E-state index contributed by atoms with van der Waals surface area (Å²) in [5.41, 5.74) is 0.646. The molecule has 0 unspecified atom stereocenters. The molecule has 0 fully saturated rings. The molecule has 100 valence electrons. The van der Waals surface area contributed by atoms with Crippen molar-refractivity contribution < 1.29 is 18.0 Å². The minimum atomic E-state index is -2.45. The van der Waals surface area contributed by atoms with Gasteiger partial charge >= 0.3 is 0 Å². The number of halogens is 2. The first kappa shape index (κ1) is 13.6. The fourth-order valence-corrected chi connectivity index (χ4v) is 1.88. The van der Waals surface area contributed by atoms with Gasteiger partial charge in [0, 0.05) is 5.69 Å². The third kappa shape index (κ3) is 4.10. The van der Waals surface area contributed by atoms with Crippen molar-refractivity contribution in [3.8, 4) is 0 Å². The van der Waals surface area contributed by atoms with Crippen LogP contribution in [0.5, 0.6) is 0 Å². The molecule has 0 bridgehead atoms. The van der Waals surface area contributed by atoms with Crippen molar-refractivity contribution in [2.24, 2.45) is 0 Å². The average molecular weight is 283 g/mol. The average Bonchev–Trinajstić information content (AvgIpc) is 2.86. The quantitative estimate of drug-likeness (QED) is 0.902. The molecule has 0 aliphatic heterocycles. The zero-order chi connectivity index (χ0) is 13.7. The molecule has 1 aromatic heterocycles. The number of benzene rings is 1. The number of thioether (sulfide) groups is 1. The Labute approximate surface area is 113 Å². The first-order chi connectivity index (χ1) is 9.15. The van der Waals surface area contributed by atoms with Gasteiger partial charge in [-0.05, 0) is 24.3 Å². The van der Waals surface area contributed by atoms with Crippen molar-refractivity contribution >= 4 is 23.4 Å². The highest BCUT2D eigenvalue weighted by atomic mass is 32.2. The van der Waals surface area contributed by atoms with Gasteiger partial charge in [0.1, 0.15) is 5.76 Å². The first-order valence-corrected chi connectivity index (χ1v) is 6.55. The Kier molecular flexibility index (Phi) is 4.57. The normalized spacial score (nSPS) is 10.7. The Morgan fingerprint density at radius 2 is 1.95 bits per heavy atom. The monoisotopic (exact) mass is 283 g/mol. The number of alkyl halides is 2. The van der Waals surface area contributed by atoms with Crippen LogP contribution in [0.4, 0.5) is 14.5 Å². The van der Waals surface area contributed by atoms with E-state index in [-0.39, 0.29) is 11.5 Å². The van der Waals surface area contributed by atoms with E-state index in [1.807, 2.05) is 6.07 Å². The van der Waals surface area contributed by atoms with Gasteiger partial charge in [0.15, 0.2) is 5.76 Å². The summed E-state index contributed by atoms with van der Waals surface area (Å²) in [6.45, 7) is 0. The molecule has 2 aromatic rings. The van der Waals surface area contributed by atoms with E-state index >= 15 is 0 Å². The first-order valence-electron chi connectivity index (χ1n) is 5.50. The smallest absolute Gasteiger partial charge is 0.291 e. The van der Waals surface area contributed by atoms with E-state index in [2.05, 4.69) is 5.32 Å². The molecule has 0 spiro atoms. The van der Waals surface area contributed by atoms with Crippen LogP contribution >= 0.6 is 11.8 Å². The minimum Gasteiger partial charge on any atom is -0.455 e. The maximum Gasteiger partial charge on any atom is 0.291 e. The second-order valence-corrected chi connectivity index (χ2v) is 4.64. The molecular weight excluding hydrogens is 272 g/mol. The number of amides is 1. The second kappa shape index (κ2) is 6.38. The Morgan fingerprint density at radius 3 is 2.63 bits per heavy atom. The Hall–Kier alpha value is -1.82. The lowest BCUT2D eigenvalue weighted by Gasteiger charge is -2.02. The lowest BCUT2D eigenvalue weighted by molar-refractivity contribution is 0.0995. The molecule has 0 radical (unpaired) electrons. The standard InChI is InChI=1S/C13H11F2NO2S/c14-13(15)19-8-10-6-7-11(18-10)12(17)16-9-4-2-1-3-5-9/h1-7,13H,8H2,(H,16,17). The van der Waals surface area contributed by atoms with Crippen LogP contribution in [0.3, 0.4) is 0 Å². The number of furan rings is 1. The molecular formula is C13H11F2NO2S. The van der Waals surface area contributed by atoms with Gasteiger partial charge < -0.3 is 9.73 Å². The molecule has 19 heavy (non-hydrogen) atoms. The molecule has 3 nitrogen and oxygen atoms in total. The summed E-state index contributed by atoms with van der Waals surface area (Å²) in [7, 11) is 0. The molecule has 0 aliphatic rings. The summed E-state index contributed by atoms with van der Waals surface area (Å²) in [5, 5.41) is 2.65. The lowest BCUT2D eigenvalue weighted by Crippen LogP contribution is -2.10. The predicted molar refractivity (Wildman–Crippen MR) is 70.4 cm³/mol. The van der Waals surface area contributed by atoms with Gasteiger partial charge in [0.05, 0.1) is 5.75 Å². The highest BCUT2D eigenvalue weighted by Crippen LogP contribution is 2.21. The summed E-state index contributed by atoms with van der Waals surface area (Å²) >= 11 is 0.455. The van der Waals surface area contributed by atoms with E-state index in [0.717, 1.165) is 0 Å². The molecule has 1 heterocycles. The Balaban J connectivity index is 1.96. The van der Waals surface area contributed by atoms with E-state index in [1.165, 1.54) is 12.1 Å². The van der Waals surface area contributed by atoms with Crippen LogP contribution in [0.15, 0.2) is 46.9 Å². The summed E-state index contributed by atoms with van der Waals surface area (Å²) < 4.78 is 29.2. The van der Waals surface area contributed by atoms with Crippen LogP contribution in [0.2, 0.25) is 0 Å². The van der Waals surface area contributed by atoms with Crippen molar-refractivity contribution in [3.63, 3.8) is 0 Å². The van der Waals surface area contributed by atoms with Crippen molar-refractivity contribution in [2.75, 3.05) is 5.32 Å². The second-order valence-electron chi connectivity index (χ2n) is 3.66. The van der Waals surface area contributed by atoms with Crippen LogP contribution in [0, 0.1) is 0 Å². The zero-order valence-corrected chi connectivity index (χ0v) is 10.6. The molecule has 0 aliphatic carbocycles. The largest absolute Gasteiger partial charge is 0.455 e. The summed E-state index contributed by atoms with van der Waals surface area (Å²) in [4.78, 5) is 11.8. The van der Waals surface area contributed by atoms with Gasteiger partial charge in [0.2, 0.25) is 0 Å². The summed E-state index contributed by atoms with van der Waals surface area (Å²) in [6.07, 6.45) is 0. The molecule has 2 rings (SSSR count). The molecule has 0 saturated heterocycles. The molecule has 1 N–H and O–H groups in total. The molecule has 1 amide bonds. The number of carbonyl (C=O) groups is 1. The number of para-hydroxylation sites is 1. The molecule has 0 atom stereocenters. The van der Waals surface area contributed by atoms with Gasteiger partial charge in [0.25, 0.3) is 11.7 Å². The highest BCUT2D eigenvalue weighted by molar-refractivity contribution is 7.98. The van der Waals surface area contributed by atoms with Crippen LogP contribution in [-0.4, -0.2) is 11.7 Å². The number of carbonyl (C=O) groups excluding carboxylic acids is 1. The number of rotatable bonds is 5. The van der Waals surface area contributed by atoms with Crippen molar-refractivity contribution in [1.29, 1.82) is 0 Å². The minimum absolute atomic E-state index is 0.0380. The SMILES string of the molecule is O=C(Nc1ccccc1)c1ccc(CSC(F)F)o1. The van der Waals surface area contributed by atoms with E-state index < -0.39 is 11.7 Å². The number of nitrogens with one attached hydrogen (secondary N) is 1. The Bertz CT molecular complexity index is 543. The predicted octanol–water partition coefficient (Wildman–Crippen LogP) is 3.99. The summed E-state index contributed by atoms with van der Waals surface area (Å²) in [6, 6.07) is 11.9. The van der Waals surface area contributed by atoms with Gasteiger partial charge in [-0.15, -0.1) is 0 Å². The van der Waals surface area contributed by atoms with Gasteiger partial charge in [-0.1, -0.05) is 30.0 Å². The third-order valence-electron chi connectivity index (χ3n) is 2.27. The van der Waals surface area contributed by atoms with Crippen LogP contribution < -0.4 is 5.32 Å². The van der Waals surface area contributed by atoms with Crippen LogP contribution in [0.25, 0.3) is 0 Å². The molecule has 0 saturated carbocycles. The Morgan fingerprint density at radius 1 is 1.21 bits per heavy atom. The van der Waals surface area contributed by atoms with E-state index in [4.69, 9.17) is 4.42 Å². The fourth-order valence-electron chi connectivity index (χ4n) is 1.44. The maximum atomic E-state index is 12.0. The maximum absolute atomic E-state index is 12.0. The van der Waals surface area contributed by atoms with Crippen molar-refractivity contribution in [1.82, 2.24) is 0 Å². The van der Waals surface area contributed by atoms with E-state index in [9.17, 15) is 13.6 Å². The van der Waals surface area contributed by atoms with E-state index in [1.54, 1.807) is 24.3 Å². The van der Waals surface area contributed by atoms with Crippen molar-refractivity contribution in [2.45, 2.75) is 11.5 Å². The number of hydrogen-bond donors (Lipinski definition) is 1. The highest BCUT2D eigenvalue weighted by Gasteiger charge is 2.12. The fraction of sp³-hybridized carbons (Fsp3) is 0.154. The third-order valence-corrected chi connectivity index (χ3v) is 2.97. The number of hydrogen-bond acceptors (Lipinski definition) is 3. The molecule has 6 heteroatoms. The zero-order valence-electron chi connectivity index (χ0n) is 9.81. The lowest BCUT2D eigenvalue weighted by atomic mass is 10.3. The van der Waals surface area contributed by atoms with Crippen LogP contribution in [-0.2, 0) is 5.75 Å². The van der Waals surface area contributed by atoms with Gasteiger partial charge in [-0.3, -0.25) is 4.79 Å². The van der Waals surface area contributed by atoms with Crippen LogP contribution in [0.1, 0.15) is 16.3 Å². The van der Waals surface area contributed by atoms with Gasteiger partial charge in [-0.2, -0.15) is 8.78 Å². The van der Waals surface area contributed by atoms with E-state index in [0.29, 0.717) is 23.2 Å². The van der Waals surface area contributed by atoms with Gasteiger partial charge in [-0.25, -0.2) is 0 Å². The number of anilines is 1. The topological polar surface area (TPSA) is 42.2 Å². The summed E-state index contributed by atoms with van der Waals surface area (Å²) in [5.74, 6) is -2.36. The van der Waals surface area contributed by atoms with Crippen molar-refractivity contribution in [3.05, 3.63) is 54.0 Å². The molecule has 1 aromatic carbocycles.